The Labute approximate surface area is 136 Å². The molecule has 1 heterocycles. The lowest BCUT2D eigenvalue weighted by Gasteiger charge is -2.07. The van der Waals surface area contributed by atoms with Gasteiger partial charge in [0.1, 0.15) is 0 Å². The molecule has 0 atom stereocenters. The normalized spacial score (nSPS) is 10.7. The van der Waals surface area contributed by atoms with Crippen LogP contribution >= 0.6 is 35.0 Å². The molecule has 2 rings (SSSR count). The van der Waals surface area contributed by atoms with Crippen molar-refractivity contribution in [3.8, 4) is 0 Å². The Morgan fingerprint density at radius 3 is 2.86 bits per heavy atom. The zero-order valence-corrected chi connectivity index (χ0v) is 13.5. The number of hydrogen-bond donors (Lipinski definition) is 2. The van der Waals surface area contributed by atoms with E-state index in [9.17, 15) is 4.79 Å². The first-order chi connectivity index (χ1) is 10.0. The van der Waals surface area contributed by atoms with Gasteiger partial charge < -0.3 is 15.0 Å². The van der Waals surface area contributed by atoms with Gasteiger partial charge in [0, 0.05) is 12.1 Å². The first-order valence-corrected chi connectivity index (χ1v) is 7.74. The van der Waals surface area contributed by atoms with Crippen LogP contribution in [0.2, 0.25) is 10.0 Å². The number of rotatable bonds is 5. The van der Waals surface area contributed by atoms with E-state index in [0.717, 1.165) is 0 Å². The van der Waals surface area contributed by atoms with Gasteiger partial charge in [0.15, 0.2) is 5.16 Å². The number of imidazole rings is 1. The van der Waals surface area contributed by atoms with Crippen LogP contribution in [0.25, 0.3) is 0 Å². The molecule has 0 bridgehead atoms. The summed E-state index contributed by atoms with van der Waals surface area (Å²) in [5, 5.41) is 13.4. The van der Waals surface area contributed by atoms with Crippen LogP contribution in [0.1, 0.15) is 5.69 Å². The van der Waals surface area contributed by atoms with Crippen LogP contribution in [0.4, 0.5) is 5.69 Å². The highest BCUT2D eigenvalue weighted by Crippen LogP contribution is 2.26. The summed E-state index contributed by atoms with van der Waals surface area (Å²) in [7, 11) is 1.79. The number of benzene rings is 1. The summed E-state index contributed by atoms with van der Waals surface area (Å²) in [6.07, 6.45) is 1.58. The van der Waals surface area contributed by atoms with Crippen molar-refractivity contribution in [1.29, 1.82) is 0 Å². The second-order valence-corrected chi connectivity index (χ2v) is 6.00. The number of amides is 1. The molecule has 112 valence electrons. The van der Waals surface area contributed by atoms with Crippen molar-refractivity contribution in [2.45, 2.75) is 11.8 Å². The topological polar surface area (TPSA) is 67.1 Å². The minimum Gasteiger partial charge on any atom is -0.390 e. The smallest absolute Gasteiger partial charge is 0.234 e. The van der Waals surface area contributed by atoms with Crippen LogP contribution in [-0.2, 0) is 18.4 Å². The Morgan fingerprint density at radius 1 is 1.48 bits per heavy atom. The number of carbonyl (C=O) groups is 1. The maximum absolute atomic E-state index is 11.9. The van der Waals surface area contributed by atoms with Gasteiger partial charge in [0.25, 0.3) is 0 Å². The summed E-state index contributed by atoms with van der Waals surface area (Å²) in [5.74, 6) is -0.00734. The van der Waals surface area contributed by atoms with Gasteiger partial charge >= 0.3 is 0 Å². The number of halogens is 2. The average Bonchev–Trinajstić information content (AvgIpc) is 2.80. The van der Waals surface area contributed by atoms with Crippen LogP contribution in [0.5, 0.6) is 0 Å². The number of aliphatic hydroxyl groups excluding tert-OH is 1. The van der Waals surface area contributed by atoms with Gasteiger partial charge in [0.2, 0.25) is 5.91 Å². The van der Waals surface area contributed by atoms with Gasteiger partial charge in [-0.2, -0.15) is 0 Å². The number of aliphatic hydroxyl groups is 1. The number of aromatic nitrogens is 2. The molecule has 1 aromatic carbocycles. The average molecular weight is 346 g/mol. The van der Waals surface area contributed by atoms with E-state index in [4.69, 9.17) is 28.3 Å². The van der Waals surface area contributed by atoms with E-state index >= 15 is 0 Å². The van der Waals surface area contributed by atoms with Gasteiger partial charge in [-0.15, -0.1) is 0 Å². The molecule has 0 fully saturated rings. The Kier molecular flexibility index (Phi) is 5.52. The lowest BCUT2D eigenvalue weighted by Crippen LogP contribution is -2.14. The zero-order valence-electron chi connectivity index (χ0n) is 11.1. The fraction of sp³-hybridized carbons (Fsp3) is 0.231. The largest absolute Gasteiger partial charge is 0.390 e. The predicted molar refractivity (Wildman–Crippen MR) is 84.9 cm³/mol. The van der Waals surface area contributed by atoms with E-state index < -0.39 is 0 Å². The predicted octanol–water partition coefficient (Wildman–Crippen LogP) is 2.95. The Balaban J connectivity index is 1.94. The molecule has 2 N–H and O–H groups in total. The third kappa shape index (κ3) is 4.14. The molecule has 1 aromatic heterocycles. The van der Waals surface area contributed by atoms with Crippen molar-refractivity contribution in [1.82, 2.24) is 9.55 Å². The van der Waals surface area contributed by atoms with E-state index in [1.807, 2.05) is 0 Å². The van der Waals surface area contributed by atoms with Crippen LogP contribution in [0.3, 0.4) is 0 Å². The number of nitrogens with zero attached hydrogens (tertiary/aromatic N) is 2. The highest BCUT2D eigenvalue weighted by atomic mass is 35.5. The third-order valence-electron chi connectivity index (χ3n) is 2.74. The fourth-order valence-corrected chi connectivity index (χ4v) is 2.84. The summed E-state index contributed by atoms with van der Waals surface area (Å²) in [6, 6.07) is 4.87. The molecular weight excluding hydrogens is 333 g/mol. The van der Waals surface area contributed by atoms with Crippen molar-refractivity contribution >= 4 is 46.6 Å². The quantitative estimate of drug-likeness (QED) is 0.817. The van der Waals surface area contributed by atoms with Crippen molar-refractivity contribution in [3.05, 3.63) is 40.1 Å². The minimum absolute atomic E-state index is 0.0867. The lowest BCUT2D eigenvalue weighted by atomic mass is 10.3. The monoisotopic (exact) mass is 345 g/mol. The molecule has 0 spiro atoms. The first kappa shape index (κ1) is 16.2. The Morgan fingerprint density at radius 2 is 2.24 bits per heavy atom. The fourth-order valence-electron chi connectivity index (χ4n) is 1.61. The molecule has 0 aliphatic heterocycles. The van der Waals surface area contributed by atoms with Crippen molar-refractivity contribution in [2.24, 2.45) is 7.05 Å². The zero-order chi connectivity index (χ0) is 15.4. The van der Waals surface area contributed by atoms with Gasteiger partial charge in [0.05, 0.1) is 35.0 Å². The summed E-state index contributed by atoms with van der Waals surface area (Å²) in [4.78, 5) is 16.0. The van der Waals surface area contributed by atoms with Crippen LogP contribution < -0.4 is 5.32 Å². The Hall–Kier alpha value is -1.21. The molecule has 0 saturated heterocycles. The minimum atomic E-state index is -0.197. The van der Waals surface area contributed by atoms with Crippen LogP contribution in [-0.4, -0.2) is 26.3 Å². The number of anilines is 1. The lowest BCUT2D eigenvalue weighted by molar-refractivity contribution is -0.113. The Bertz CT molecular complexity index is 661. The van der Waals surface area contributed by atoms with Crippen molar-refractivity contribution in [2.75, 3.05) is 11.1 Å². The number of carbonyl (C=O) groups excluding carboxylic acids is 1. The third-order valence-corrected chi connectivity index (χ3v) is 4.33. The molecule has 0 radical (unpaired) electrons. The second-order valence-electron chi connectivity index (χ2n) is 4.21. The summed E-state index contributed by atoms with van der Waals surface area (Å²) in [6.45, 7) is -0.0867. The van der Waals surface area contributed by atoms with Gasteiger partial charge in [-0.25, -0.2) is 4.98 Å². The molecule has 21 heavy (non-hydrogen) atoms. The molecule has 0 aliphatic rings. The number of hydrogen-bond acceptors (Lipinski definition) is 4. The summed E-state index contributed by atoms with van der Waals surface area (Å²) in [5.41, 5.74) is 1.21. The maximum atomic E-state index is 11.9. The maximum Gasteiger partial charge on any atom is 0.234 e. The van der Waals surface area contributed by atoms with E-state index in [-0.39, 0.29) is 18.3 Å². The van der Waals surface area contributed by atoms with E-state index in [2.05, 4.69) is 10.3 Å². The SMILES string of the molecule is Cn1c(CO)cnc1SCC(=O)Nc1ccc(Cl)cc1Cl. The summed E-state index contributed by atoms with van der Waals surface area (Å²) >= 11 is 13.1. The van der Waals surface area contributed by atoms with Crippen LogP contribution in [0, 0.1) is 0 Å². The first-order valence-electron chi connectivity index (χ1n) is 6.00. The van der Waals surface area contributed by atoms with E-state index in [1.165, 1.54) is 11.8 Å². The van der Waals surface area contributed by atoms with Crippen molar-refractivity contribution in [3.63, 3.8) is 0 Å². The molecule has 8 heteroatoms. The molecule has 1 amide bonds. The second kappa shape index (κ2) is 7.17. The highest BCUT2D eigenvalue weighted by molar-refractivity contribution is 7.99. The molecule has 0 aliphatic carbocycles. The van der Waals surface area contributed by atoms with Gasteiger partial charge in [-0.1, -0.05) is 35.0 Å². The van der Waals surface area contributed by atoms with Gasteiger partial charge in [-0.3, -0.25) is 4.79 Å². The van der Waals surface area contributed by atoms with Crippen molar-refractivity contribution < 1.29 is 9.90 Å². The molecule has 5 nitrogen and oxygen atoms in total. The molecule has 0 saturated carbocycles. The molecular formula is C13H13Cl2N3O2S. The summed E-state index contributed by atoms with van der Waals surface area (Å²) < 4.78 is 1.74. The number of nitrogens with one attached hydrogen (secondary N) is 1. The highest BCUT2D eigenvalue weighted by Gasteiger charge is 2.10. The molecule has 2 aromatic rings. The van der Waals surface area contributed by atoms with E-state index in [1.54, 1.807) is 36.0 Å². The van der Waals surface area contributed by atoms with Crippen LogP contribution in [0.15, 0.2) is 29.6 Å². The van der Waals surface area contributed by atoms with E-state index in [0.29, 0.717) is 26.6 Å². The standard InChI is InChI=1S/C13H13Cl2N3O2S/c1-18-9(6-19)5-16-13(18)21-7-12(20)17-11-3-2-8(14)4-10(11)15/h2-5,19H,6-7H2,1H3,(H,17,20). The number of thioether (sulfide) groups is 1. The van der Waals surface area contributed by atoms with Gasteiger partial charge in [-0.05, 0) is 18.2 Å². The molecule has 0 unspecified atom stereocenters.